The van der Waals surface area contributed by atoms with Gasteiger partial charge in [0.05, 0.1) is 28.6 Å². The Labute approximate surface area is 338 Å². The fraction of sp³-hybridized carbons (Fsp3) is 0.717. The van der Waals surface area contributed by atoms with Crippen LogP contribution in [0.4, 0.5) is 5.88 Å². The summed E-state index contributed by atoms with van der Waals surface area (Å²) in [6, 6.07) is 3.58. The fourth-order valence-corrected chi connectivity index (χ4v) is 14.1. The van der Waals surface area contributed by atoms with E-state index in [1.54, 1.807) is 38.4 Å². The van der Waals surface area contributed by atoms with E-state index in [4.69, 9.17) is 20.8 Å². The van der Waals surface area contributed by atoms with Crippen molar-refractivity contribution in [1.29, 1.82) is 0 Å². The van der Waals surface area contributed by atoms with Crippen molar-refractivity contribution < 1.29 is 28.6 Å². The first-order chi connectivity index (χ1) is 26.1. The first-order valence-electron chi connectivity index (χ1n) is 21.2. The Morgan fingerprint density at radius 3 is 2.36 bits per heavy atom. The van der Waals surface area contributed by atoms with E-state index in [9.17, 15) is 19.5 Å². The molecule has 0 radical (unpaired) electrons. The number of carbonyl (C=O) groups is 3. The van der Waals surface area contributed by atoms with E-state index >= 15 is 0 Å². The Bertz CT molecular complexity index is 1930. The highest BCUT2D eigenvalue weighted by atomic mass is 35.5. The third kappa shape index (κ3) is 5.93. The Balaban J connectivity index is 1.24. The molecule has 4 saturated carbocycles. The molecule has 0 amide bonds. The molecule has 306 valence electrons. The molecule has 0 aromatic carbocycles. The SMILES string of the molecule is CCCC12CCC3C4(C)CCC(OC(=O)CC(C)(C)C(=O)O)C(C)(C)C4CCC3(C)C1(C)CCC1(Nc3cnc(-c4ccc(Cl)cn4)o3)CC(=O)C(C(C)C)=C12. The number of carboxylic acid groups (broad SMARTS) is 1. The molecule has 9 nitrogen and oxygen atoms in total. The summed E-state index contributed by atoms with van der Waals surface area (Å²) in [5.74, 6) is 0.735. The summed E-state index contributed by atoms with van der Waals surface area (Å²) in [6.45, 7) is 22.2. The molecule has 8 atom stereocenters. The lowest BCUT2D eigenvalue weighted by atomic mass is 9.29. The number of fused-ring (bicyclic) bond motifs is 7. The number of rotatable bonds is 10. The minimum Gasteiger partial charge on any atom is -0.481 e. The second kappa shape index (κ2) is 13.7. The molecular formula is C46H64ClN3O6. The van der Waals surface area contributed by atoms with Crippen LogP contribution in [0.25, 0.3) is 11.6 Å². The highest BCUT2D eigenvalue weighted by Gasteiger charge is 2.74. The van der Waals surface area contributed by atoms with Gasteiger partial charge in [0.2, 0.25) is 11.8 Å². The van der Waals surface area contributed by atoms with Crippen LogP contribution in [-0.2, 0) is 19.1 Å². The number of aliphatic carboxylic acids is 1. The molecule has 4 fully saturated rings. The number of nitrogens with zero attached hydrogens (tertiary/aromatic N) is 2. The van der Waals surface area contributed by atoms with Gasteiger partial charge in [-0.15, -0.1) is 0 Å². The molecule has 7 rings (SSSR count). The predicted octanol–water partition coefficient (Wildman–Crippen LogP) is 11.1. The average Bonchev–Trinajstić information content (AvgIpc) is 3.69. The number of carbonyl (C=O) groups excluding carboxylic acids is 2. The maximum absolute atomic E-state index is 14.4. The zero-order valence-corrected chi connectivity index (χ0v) is 36.1. The van der Waals surface area contributed by atoms with Gasteiger partial charge < -0.3 is 19.6 Å². The summed E-state index contributed by atoms with van der Waals surface area (Å²) in [7, 11) is 0. The normalized spacial score (nSPS) is 36.4. The van der Waals surface area contributed by atoms with Crippen molar-refractivity contribution in [2.24, 2.45) is 50.2 Å². The van der Waals surface area contributed by atoms with Crippen LogP contribution in [0, 0.1) is 50.2 Å². The van der Waals surface area contributed by atoms with Gasteiger partial charge in [0.25, 0.3) is 0 Å². The van der Waals surface area contributed by atoms with Crippen LogP contribution in [0.1, 0.15) is 146 Å². The molecule has 5 aliphatic rings. The Hall–Kier alpha value is -3.20. The number of ketones is 1. The average molecular weight is 790 g/mol. The number of hydrogen-bond donors (Lipinski definition) is 2. The quantitative estimate of drug-likeness (QED) is 0.226. The summed E-state index contributed by atoms with van der Waals surface area (Å²) in [4.78, 5) is 48.4. The number of anilines is 1. The monoisotopic (exact) mass is 789 g/mol. The number of oxazole rings is 1. The van der Waals surface area contributed by atoms with Crippen molar-refractivity contribution >= 4 is 35.2 Å². The molecule has 0 bridgehead atoms. The second-order valence-corrected chi connectivity index (χ2v) is 21.1. The molecule has 56 heavy (non-hydrogen) atoms. The molecule has 2 N–H and O–H groups in total. The predicted molar refractivity (Wildman–Crippen MR) is 218 cm³/mol. The van der Waals surface area contributed by atoms with Crippen LogP contribution in [-0.4, -0.2) is 44.4 Å². The van der Waals surface area contributed by atoms with Crippen LogP contribution in [0.15, 0.2) is 40.1 Å². The number of carboxylic acids is 1. The van der Waals surface area contributed by atoms with E-state index in [2.05, 4.69) is 70.7 Å². The Kier molecular flexibility index (Phi) is 10.0. The smallest absolute Gasteiger partial charge is 0.309 e. The summed E-state index contributed by atoms with van der Waals surface area (Å²) >= 11 is 6.11. The summed E-state index contributed by atoms with van der Waals surface area (Å²) < 4.78 is 12.6. The van der Waals surface area contributed by atoms with Crippen molar-refractivity contribution in [1.82, 2.24) is 9.97 Å². The molecule has 2 aromatic heterocycles. The first kappa shape index (κ1) is 41.0. The third-order valence-electron chi connectivity index (χ3n) is 16.7. The minimum atomic E-state index is -1.17. The maximum atomic E-state index is 14.4. The second-order valence-electron chi connectivity index (χ2n) is 20.6. The fourth-order valence-electron chi connectivity index (χ4n) is 14.0. The molecule has 10 heteroatoms. The maximum Gasteiger partial charge on any atom is 0.309 e. The van der Waals surface area contributed by atoms with Gasteiger partial charge in [-0.05, 0) is 129 Å². The Morgan fingerprint density at radius 2 is 1.71 bits per heavy atom. The standard InChI is InChI=1S/C46H64ClN3O6/c1-11-17-45-20-15-32-42(8)18-16-33(55-35(52)24-40(4,5)39(53)54)41(6,7)31(42)14-19-43(32,9)44(45,10)21-22-46(23-30(51)36(27(2)3)37(45)46)50-34-26-49-38(56-34)29-13-12-28(47)25-48-29/h12-13,25-27,31-33,50H,11,14-24H2,1-10H3,(H,53,54). The van der Waals surface area contributed by atoms with E-state index < -0.39 is 22.9 Å². The molecule has 0 saturated heterocycles. The van der Waals surface area contributed by atoms with Gasteiger partial charge in [-0.1, -0.05) is 73.4 Å². The number of aromatic nitrogens is 2. The van der Waals surface area contributed by atoms with Gasteiger partial charge in [0.1, 0.15) is 11.8 Å². The molecule has 8 unspecified atom stereocenters. The van der Waals surface area contributed by atoms with Crippen LogP contribution in [0.2, 0.25) is 5.02 Å². The van der Waals surface area contributed by atoms with Crippen LogP contribution >= 0.6 is 11.6 Å². The van der Waals surface area contributed by atoms with Gasteiger partial charge in [-0.2, -0.15) is 0 Å². The summed E-state index contributed by atoms with van der Waals surface area (Å²) in [6.07, 6.45) is 13.2. The van der Waals surface area contributed by atoms with Crippen LogP contribution in [0.3, 0.4) is 0 Å². The van der Waals surface area contributed by atoms with Gasteiger partial charge in [-0.3, -0.25) is 14.4 Å². The first-order valence-corrected chi connectivity index (χ1v) is 21.6. The summed E-state index contributed by atoms with van der Waals surface area (Å²) in [5.41, 5.74) is 0.804. The number of ether oxygens (including phenoxy) is 1. The lowest BCUT2D eigenvalue weighted by Crippen LogP contribution is -2.70. The van der Waals surface area contributed by atoms with Crippen molar-refractivity contribution in [3.63, 3.8) is 0 Å². The minimum absolute atomic E-state index is 0.0172. The van der Waals surface area contributed by atoms with Gasteiger partial charge in [0, 0.05) is 23.4 Å². The number of nitrogens with one attached hydrogen (secondary N) is 1. The van der Waals surface area contributed by atoms with E-state index in [1.807, 2.05) is 0 Å². The van der Waals surface area contributed by atoms with Crippen molar-refractivity contribution in [2.75, 3.05) is 5.32 Å². The van der Waals surface area contributed by atoms with Crippen molar-refractivity contribution in [2.45, 2.75) is 158 Å². The van der Waals surface area contributed by atoms with E-state index in [-0.39, 0.29) is 51.3 Å². The van der Waals surface area contributed by atoms with Gasteiger partial charge in [-0.25, -0.2) is 9.97 Å². The molecule has 0 aliphatic heterocycles. The largest absolute Gasteiger partial charge is 0.481 e. The molecule has 5 aliphatic carbocycles. The number of esters is 1. The number of pyridine rings is 1. The van der Waals surface area contributed by atoms with Crippen LogP contribution in [0.5, 0.6) is 0 Å². The van der Waals surface area contributed by atoms with E-state index in [0.29, 0.717) is 40.7 Å². The topological polar surface area (TPSA) is 132 Å². The molecular weight excluding hydrogens is 726 g/mol. The number of halogens is 1. The van der Waals surface area contributed by atoms with E-state index in [0.717, 1.165) is 69.8 Å². The zero-order valence-electron chi connectivity index (χ0n) is 35.4. The number of Topliss-reactive ketones (excluding diaryl/α,β-unsaturated/α-hetero) is 1. The highest BCUT2D eigenvalue weighted by Crippen LogP contribution is 2.80. The van der Waals surface area contributed by atoms with E-state index in [1.165, 1.54) is 5.57 Å². The number of allylic oxidation sites excluding steroid dienone is 1. The van der Waals surface area contributed by atoms with Crippen molar-refractivity contribution in [3.8, 4) is 11.6 Å². The molecule has 0 spiro atoms. The molecule has 2 heterocycles. The van der Waals surface area contributed by atoms with Crippen molar-refractivity contribution in [3.05, 3.63) is 40.7 Å². The number of hydrogen-bond acceptors (Lipinski definition) is 8. The van der Waals surface area contributed by atoms with Crippen LogP contribution < -0.4 is 5.32 Å². The van der Waals surface area contributed by atoms with Gasteiger partial charge >= 0.3 is 11.9 Å². The lowest BCUT2D eigenvalue weighted by Gasteiger charge is -2.75. The zero-order chi connectivity index (χ0) is 40.9. The molecule has 2 aromatic rings. The highest BCUT2D eigenvalue weighted by molar-refractivity contribution is 6.30. The van der Waals surface area contributed by atoms with Gasteiger partial charge in [0.15, 0.2) is 5.78 Å². The lowest BCUT2D eigenvalue weighted by molar-refractivity contribution is -0.251. The Morgan fingerprint density at radius 1 is 1.00 bits per heavy atom. The third-order valence-corrected chi connectivity index (χ3v) is 16.9. The summed E-state index contributed by atoms with van der Waals surface area (Å²) in [5, 5.41) is 14.1.